The molecule has 17 heavy (non-hydrogen) atoms. The standard InChI is InChI=1S/C11H20N2O3S/c1-7(10(14)15)12-11(16)13-8-4-3-5-9(6-8)17-2/h7-9H,3-6H2,1-2H3,(H,14,15)(H2,12,13,16)/t7-,8?,9?/m1/s1. The van der Waals surface area contributed by atoms with Crippen LogP contribution in [0, 0.1) is 0 Å². The number of urea groups is 1. The fourth-order valence-corrected chi connectivity index (χ4v) is 2.80. The summed E-state index contributed by atoms with van der Waals surface area (Å²) in [6, 6.07) is -1.07. The number of thioether (sulfide) groups is 1. The molecule has 5 nitrogen and oxygen atoms in total. The lowest BCUT2D eigenvalue weighted by molar-refractivity contribution is -0.138. The molecule has 0 aromatic carbocycles. The van der Waals surface area contributed by atoms with Crippen molar-refractivity contribution in [3.8, 4) is 0 Å². The quantitative estimate of drug-likeness (QED) is 0.714. The highest BCUT2D eigenvalue weighted by Gasteiger charge is 2.23. The molecule has 98 valence electrons. The van der Waals surface area contributed by atoms with Crippen molar-refractivity contribution in [3.05, 3.63) is 0 Å². The molecule has 0 aromatic rings. The molecule has 6 heteroatoms. The Morgan fingerprint density at radius 3 is 2.71 bits per heavy atom. The van der Waals surface area contributed by atoms with Crippen molar-refractivity contribution in [1.29, 1.82) is 0 Å². The molecular weight excluding hydrogens is 240 g/mol. The first kappa shape index (κ1) is 14.2. The summed E-state index contributed by atoms with van der Waals surface area (Å²) in [4.78, 5) is 22.1. The molecule has 0 radical (unpaired) electrons. The van der Waals surface area contributed by atoms with Crippen LogP contribution in [0.3, 0.4) is 0 Å². The Balaban J connectivity index is 2.33. The minimum absolute atomic E-state index is 0.169. The van der Waals surface area contributed by atoms with Gasteiger partial charge in [-0.2, -0.15) is 11.8 Å². The molecule has 1 rings (SSSR count). The first-order valence-electron chi connectivity index (χ1n) is 5.85. The molecule has 2 amide bonds. The predicted octanol–water partition coefficient (Wildman–Crippen LogP) is 1.43. The molecule has 1 aliphatic rings. The first-order chi connectivity index (χ1) is 8.02. The smallest absolute Gasteiger partial charge is 0.325 e. The van der Waals surface area contributed by atoms with E-state index in [-0.39, 0.29) is 12.1 Å². The van der Waals surface area contributed by atoms with Crippen LogP contribution in [0.4, 0.5) is 4.79 Å². The number of nitrogens with one attached hydrogen (secondary N) is 2. The van der Waals surface area contributed by atoms with Crippen LogP contribution in [0.15, 0.2) is 0 Å². The zero-order chi connectivity index (χ0) is 12.8. The zero-order valence-corrected chi connectivity index (χ0v) is 11.0. The lowest BCUT2D eigenvalue weighted by atomic mass is 9.95. The molecule has 1 aliphatic carbocycles. The van der Waals surface area contributed by atoms with Gasteiger partial charge < -0.3 is 15.7 Å². The van der Waals surface area contributed by atoms with E-state index in [1.54, 1.807) is 0 Å². The Labute approximate surface area is 106 Å². The van der Waals surface area contributed by atoms with Gasteiger partial charge in [-0.3, -0.25) is 4.79 Å². The molecule has 0 aromatic heterocycles. The van der Waals surface area contributed by atoms with E-state index in [0.717, 1.165) is 19.3 Å². The molecule has 3 atom stereocenters. The van der Waals surface area contributed by atoms with Crippen molar-refractivity contribution in [2.45, 2.75) is 49.9 Å². The third kappa shape index (κ3) is 4.85. The maximum atomic E-state index is 11.5. The number of carbonyl (C=O) groups excluding carboxylic acids is 1. The summed E-state index contributed by atoms with van der Waals surface area (Å²) in [6.07, 6.45) is 6.35. The highest BCUT2D eigenvalue weighted by molar-refractivity contribution is 7.99. The summed E-state index contributed by atoms with van der Waals surface area (Å²) in [5.41, 5.74) is 0. The second-order valence-electron chi connectivity index (χ2n) is 4.40. The summed E-state index contributed by atoms with van der Waals surface area (Å²) in [6.45, 7) is 1.45. The lowest BCUT2D eigenvalue weighted by Crippen LogP contribution is -2.49. The monoisotopic (exact) mass is 260 g/mol. The van der Waals surface area contributed by atoms with Crippen LogP contribution < -0.4 is 10.6 Å². The van der Waals surface area contributed by atoms with E-state index in [1.807, 2.05) is 11.8 Å². The number of hydrogen-bond acceptors (Lipinski definition) is 3. The average molecular weight is 260 g/mol. The highest BCUT2D eigenvalue weighted by Crippen LogP contribution is 2.26. The van der Waals surface area contributed by atoms with E-state index in [0.29, 0.717) is 5.25 Å². The summed E-state index contributed by atoms with van der Waals surface area (Å²) < 4.78 is 0. The van der Waals surface area contributed by atoms with Gasteiger partial charge in [0.15, 0.2) is 0 Å². The molecule has 1 fully saturated rings. The maximum absolute atomic E-state index is 11.5. The van der Waals surface area contributed by atoms with Gasteiger partial charge in [0.2, 0.25) is 0 Å². The third-order valence-electron chi connectivity index (χ3n) is 3.01. The van der Waals surface area contributed by atoms with Gasteiger partial charge >= 0.3 is 12.0 Å². The minimum atomic E-state index is -1.02. The molecule has 0 heterocycles. The molecule has 0 aliphatic heterocycles. The Morgan fingerprint density at radius 2 is 2.12 bits per heavy atom. The van der Waals surface area contributed by atoms with E-state index in [9.17, 15) is 9.59 Å². The fourth-order valence-electron chi connectivity index (χ4n) is 1.98. The van der Waals surface area contributed by atoms with E-state index >= 15 is 0 Å². The number of carboxylic acids is 1. The van der Waals surface area contributed by atoms with Gasteiger partial charge in [0, 0.05) is 11.3 Å². The van der Waals surface area contributed by atoms with Crippen LogP contribution >= 0.6 is 11.8 Å². The topological polar surface area (TPSA) is 78.4 Å². The summed E-state index contributed by atoms with van der Waals surface area (Å²) in [5, 5.41) is 14.5. The molecular formula is C11H20N2O3S. The van der Waals surface area contributed by atoms with Gasteiger partial charge in [-0.1, -0.05) is 6.42 Å². The zero-order valence-electron chi connectivity index (χ0n) is 10.2. The van der Waals surface area contributed by atoms with Gasteiger partial charge in [-0.25, -0.2) is 4.79 Å². The molecule has 2 unspecified atom stereocenters. The number of carbonyl (C=O) groups is 2. The van der Waals surface area contributed by atoms with Crippen molar-refractivity contribution in [2.24, 2.45) is 0 Å². The SMILES string of the molecule is CSC1CCCC(NC(=O)N[C@H](C)C(=O)O)C1. The Hall–Kier alpha value is -0.910. The molecule has 0 bridgehead atoms. The van der Waals surface area contributed by atoms with Gasteiger partial charge in [0.05, 0.1) is 0 Å². The first-order valence-corrected chi connectivity index (χ1v) is 7.14. The van der Waals surface area contributed by atoms with Crippen LogP contribution in [-0.4, -0.2) is 40.7 Å². The van der Waals surface area contributed by atoms with Crippen LogP contribution in [0.1, 0.15) is 32.6 Å². The maximum Gasteiger partial charge on any atom is 0.325 e. The molecule has 1 saturated carbocycles. The Morgan fingerprint density at radius 1 is 1.41 bits per heavy atom. The van der Waals surface area contributed by atoms with E-state index in [4.69, 9.17) is 5.11 Å². The van der Waals surface area contributed by atoms with Crippen molar-refractivity contribution < 1.29 is 14.7 Å². The van der Waals surface area contributed by atoms with Crippen LogP contribution in [-0.2, 0) is 4.79 Å². The van der Waals surface area contributed by atoms with E-state index in [2.05, 4.69) is 16.9 Å². The third-order valence-corrected chi connectivity index (χ3v) is 4.11. The average Bonchev–Trinajstić information content (AvgIpc) is 2.28. The molecule has 0 spiro atoms. The van der Waals surface area contributed by atoms with Crippen LogP contribution in [0.25, 0.3) is 0 Å². The molecule has 3 N–H and O–H groups in total. The second-order valence-corrected chi connectivity index (χ2v) is 5.54. The summed E-state index contributed by atoms with van der Waals surface area (Å²) in [7, 11) is 0. The number of aliphatic carboxylic acids is 1. The van der Waals surface area contributed by atoms with Gasteiger partial charge in [0.1, 0.15) is 6.04 Å². The van der Waals surface area contributed by atoms with Crippen molar-refractivity contribution in [2.75, 3.05) is 6.26 Å². The summed E-state index contributed by atoms with van der Waals surface area (Å²) in [5.74, 6) is -1.02. The largest absolute Gasteiger partial charge is 0.480 e. The number of rotatable bonds is 4. The predicted molar refractivity (Wildman–Crippen MR) is 68.3 cm³/mol. The number of amides is 2. The number of hydrogen-bond donors (Lipinski definition) is 3. The van der Waals surface area contributed by atoms with E-state index in [1.165, 1.54) is 13.3 Å². The lowest BCUT2D eigenvalue weighted by Gasteiger charge is -2.28. The Kier molecular flexibility index (Phi) is 5.61. The van der Waals surface area contributed by atoms with Gasteiger partial charge in [-0.05, 0) is 32.4 Å². The van der Waals surface area contributed by atoms with Gasteiger partial charge in [0.25, 0.3) is 0 Å². The van der Waals surface area contributed by atoms with Crippen LogP contribution in [0.5, 0.6) is 0 Å². The van der Waals surface area contributed by atoms with E-state index < -0.39 is 12.0 Å². The van der Waals surface area contributed by atoms with Crippen molar-refractivity contribution in [1.82, 2.24) is 10.6 Å². The van der Waals surface area contributed by atoms with Gasteiger partial charge in [-0.15, -0.1) is 0 Å². The Bertz CT molecular complexity index is 286. The highest BCUT2D eigenvalue weighted by atomic mass is 32.2. The minimum Gasteiger partial charge on any atom is -0.480 e. The van der Waals surface area contributed by atoms with Crippen molar-refractivity contribution >= 4 is 23.8 Å². The van der Waals surface area contributed by atoms with Crippen LogP contribution in [0.2, 0.25) is 0 Å². The summed E-state index contributed by atoms with van der Waals surface area (Å²) >= 11 is 1.83. The normalized spacial score (nSPS) is 26.0. The molecule has 0 saturated heterocycles. The fraction of sp³-hybridized carbons (Fsp3) is 0.818. The number of carboxylic acid groups (broad SMARTS) is 1. The van der Waals surface area contributed by atoms with Crippen molar-refractivity contribution in [3.63, 3.8) is 0 Å². The second kappa shape index (κ2) is 6.74.